The van der Waals surface area contributed by atoms with Gasteiger partial charge in [-0.15, -0.1) is 0 Å². The fourth-order valence-electron chi connectivity index (χ4n) is 7.96. The average Bonchev–Trinajstić information content (AvgIpc) is 2.54. The Balaban J connectivity index is 1.32. The topological polar surface area (TPSA) is 24.1 Å². The summed E-state index contributed by atoms with van der Waals surface area (Å²) in [6.45, 7) is 0. The minimum absolute atomic E-state index is 0.508. The van der Waals surface area contributed by atoms with E-state index in [1.807, 2.05) is 0 Å². The smallest absolute Gasteiger partial charge is 0.0206 e. The standard InChI is InChI=1S/C22H38N2/c1-3-7-19(8-4-1)23-21-12-17-11-18(13-21)15-22(14-17,16-21)24-20-9-5-2-6-10-20/h17-20,23-24H,1-16H2. The molecule has 0 aromatic rings. The van der Waals surface area contributed by atoms with Gasteiger partial charge in [-0.1, -0.05) is 38.5 Å². The summed E-state index contributed by atoms with van der Waals surface area (Å²) >= 11 is 0. The van der Waals surface area contributed by atoms with Crippen LogP contribution >= 0.6 is 0 Å². The quantitative estimate of drug-likeness (QED) is 0.764. The van der Waals surface area contributed by atoms with E-state index in [1.165, 1.54) is 96.3 Å². The predicted octanol–water partition coefficient (Wildman–Crippen LogP) is 4.92. The van der Waals surface area contributed by atoms with Crippen molar-refractivity contribution in [3.8, 4) is 0 Å². The zero-order valence-electron chi connectivity index (χ0n) is 15.6. The first kappa shape index (κ1) is 16.1. The van der Waals surface area contributed by atoms with Gasteiger partial charge in [0.1, 0.15) is 0 Å². The molecule has 0 unspecified atom stereocenters. The summed E-state index contributed by atoms with van der Waals surface area (Å²) in [6, 6.07) is 1.67. The first-order valence-electron chi connectivity index (χ1n) is 11.3. The van der Waals surface area contributed by atoms with Gasteiger partial charge >= 0.3 is 0 Å². The lowest BCUT2D eigenvalue weighted by Crippen LogP contribution is -2.70. The van der Waals surface area contributed by atoms with Gasteiger partial charge in [-0.3, -0.25) is 0 Å². The molecule has 0 amide bonds. The fraction of sp³-hybridized carbons (Fsp3) is 1.00. The van der Waals surface area contributed by atoms with Crippen molar-refractivity contribution in [1.82, 2.24) is 10.6 Å². The van der Waals surface area contributed by atoms with Crippen LogP contribution in [0.1, 0.15) is 103 Å². The van der Waals surface area contributed by atoms with E-state index in [0.29, 0.717) is 11.1 Å². The van der Waals surface area contributed by atoms with Gasteiger partial charge in [0, 0.05) is 23.2 Å². The molecule has 2 nitrogen and oxygen atoms in total. The lowest BCUT2D eigenvalue weighted by molar-refractivity contribution is -0.0633. The van der Waals surface area contributed by atoms with Gasteiger partial charge in [-0.2, -0.15) is 0 Å². The summed E-state index contributed by atoms with van der Waals surface area (Å²) < 4.78 is 0. The Labute approximate surface area is 148 Å². The molecule has 0 aromatic carbocycles. The van der Waals surface area contributed by atoms with E-state index in [9.17, 15) is 0 Å². The molecule has 0 atom stereocenters. The highest BCUT2D eigenvalue weighted by Crippen LogP contribution is 2.58. The summed E-state index contributed by atoms with van der Waals surface area (Å²) in [4.78, 5) is 0. The third kappa shape index (κ3) is 3.07. The molecule has 6 saturated carbocycles. The zero-order chi connectivity index (χ0) is 16.0. The maximum Gasteiger partial charge on any atom is 0.0206 e. The van der Waals surface area contributed by atoms with Crippen molar-refractivity contribution in [1.29, 1.82) is 0 Å². The second-order valence-electron chi connectivity index (χ2n) is 10.5. The highest BCUT2D eigenvalue weighted by molar-refractivity contribution is 5.16. The molecule has 0 saturated heterocycles. The van der Waals surface area contributed by atoms with Crippen molar-refractivity contribution in [2.24, 2.45) is 11.8 Å². The van der Waals surface area contributed by atoms with Crippen molar-refractivity contribution >= 4 is 0 Å². The molecule has 0 aliphatic heterocycles. The molecular weight excluding hydrogens is 292 g/mol. The van der Waals surface area contributed by atoms with Crippen LogP contribution in [-0.4, -0.2) is 23.2 Å². The van der Waals surface area contributed by atoms with Crippen LogP contribution in [0.15, 0.2) is 0 Å². The minimum Gasteiger partial charge on any atom is -0.308 e. The predicted molar refractivity (Wildman–Crippen MR) is 100 cm³/mol. The van der Waals surface area contributed by atoms with E-state index < -0.39 is 0 Å². The Morgan fingerprint density at radius 3 is 1.38 bits per heavy atom. The van der Waals surface area contributed by atoms with Gasteiger partial charge in [0.15, 0.2) is 0 Å². The largest absolute Gasteiger partial charge is 0.308 e. The molecule has 4 bridgehead atoms. The van der Waals surface area contributed by atoms with E-state index >= 15 is 0 Å². The van der Waals surface area contributed by atoms with Crippen LogP contribution in [0, 0.1) is 11.8 Å². The number of rotatable bonds is 4. The Morgan fingerprint density at radius 1 is 0.542 bits per heavy atom. The molecule has 0 radical (unpaired) electrons. The van der Waals surface area contributed by atoms with E-state index in [2.05, 4.69) is 10.6 Å². The first-order chi connectivity index (χ1) is 11.7. The van der Waals surface area contributed by atoms with Crippen molar-refractivity contribution in [3.05, 3.63) is 0 Å². The van der Waals surface area contributed by atoms with Crippen molar-refractivity contribution in [3.63, 3.8) is 0 Å². The Hall–Kier alpha value is -0.0800. The average molecular weight is 331 g/mol. The van der Waals surface area contributed by atoms with Crippen LogP contribution < -0.4 is 10.6 Å². The van der Waals surface area contributed by atoms with Crippen LogP contribution in [0.5, 0.6) is 0 Å². The highest BCUT2D eigenvalue weighted by atomic mass is 15.1. The molecule has 6 aliphatic rings. The first-order valence-corrected chi connectivity index (χ1v) is 11.3. The van der Waals surface area contributed by atoms with Crippen LogP contribution in [0.25, 0.3) is 0 Å². The molecule has 2 heteroatoms. The second-order valence-corrected chi connectivity index (χ2v) is 10.5. The molecule has 2 N–H and O–H groups in total. The Kier molecular flexibility index (Phi) is 4.21. The molecule has 6 fully saturated rings. The number of hydrogen-bond acceptors (Lipinski definition) is 2. The maximum absolute atomic E-state index is 4.29. The van der Waals surface area contributed by atoms with Crippen LogP contribution in [0.2, 0.25) is 0 Å². The molecular formula is C22H38N2. The monoisotopic (exact) mass is 330 g/mol. The van der Waals surface area contributed by atoms with Crippen LogP contribution in [-0.2, 0) is 0 Å². The molecule has 6 aliphatic carbocycles. The van der Waals surface area contributed by atoms with E-state index in [0.717, 1.165) is 23.9 Å². The summed E-state index contributed by atoms with van der Waals surface area (Å²) in [5, 5.41) is 8.57. The van der Waals surface area contributed by atoms with E-state index in [4.69, 9.17) is 0 Å². The van der Waals surface area contributed by atoms with Crippen molar-refractivity contribution in [2.75, 3.05) is 0 Å². The minimum atomic E-state index is 0.508. The molecule has 136 valence electrons. The van der Waals surface area contributed by atoms with E-state index in [-0.39, 0.29) is 0 Å². The van der Waals surface area contributed by atoms with Gasteiger partial charge in [-0.25, -0.2) is 0 Å². The SMILES string of the molecule is C1CCC(NC23CC4CC(C2)CC(NC2CCCCC2)(C4)C3)CC1. The van der Waals surface area contributed by atoms with Gasteiger partial charge in [-0.05, 0) is 76.0 Å². The third-order valence-electron chi connectivity index (χ3n) is 8.29. The number of nitrogens with one attached hydrogen (secondary N) is 2. The third-order valence-corrected chi connectivity index (χ3v) is 8.29. The molecule has 0 aromatic heterocycles. The normalized spacial score (nSPS) is 46.5. The van der Waals surface area contributed by atoms with Crippen LogP contribution in [0.4, 0.5) is 0 Å². The number of hydrogen-bond donors (Lipinski definition) is 2. The van der Waals surface area contributed by atoms with Gasteiger partial charge in [0.25, 0.3) is 0 Å². The van der Waals surface area contributed by atoms with E-state index in [1.54, 1.807) is 6.42 Å². The molecule has 6 rings (SSSR count). The fourth-order valence-corrected chi connectivity index (χ4v) is 7.96. The van der Waals surface area contributed by atoms with Gasteiger partial charge < -0.3 is 10.6 Å². The Bertz CT molecular complexity index is 395. The van der Waals surface area contributed by atoms with Gasteiger partial charge in [0.05, 0.1) is 0 Å². The Morgan fingerprint density at radius 2 is 0.958 bits per heavy atom. The summed E-state index contributed by atoms with van der Waals surface area (Å²) in [6.07, 6.45) is 23.6. The lowest BCUT2D eigenvalue weighted by Gasteiger charge is -2.64. The van der Waals surface area contributed by atoms with Crippen molar-refractivity contribution < 1.29 is 0 Å². The second kappa shape index (κ2) is 6.27. The maximum atomic E-state index is 4.29. The molecule has 0 heterocycles. The lowest BCUT2D eigenvalue weighted by atomic mass is 9.49. The zero-order valence-corrected chi connectivity index (χ0v) is 15.6. The van der Waals surface area contributed by atoms with Gasteiger partial charge in [0.2, 0.25) is 0 Å². The highest BCUT2D eigenvalue weighted by Gasteiger charge is 2.58. The summed E-state index contributed by atoms with van der Waals surface area (Å²) in [7, 11) is 0. The summed E-state index contributed by atoms with van der Waals surface area (Å²) in [5.74, 6) is 2.02. The molecule has 24 heavy (non-hydrogen) atoms. The summed E-state index contributed by atoms with van der Waals surface area (Å²) in [5.41, 5.74) is 1.02. The van der Waals surface area contributed by atoms with Crippen LogP contribution in [0.3, 0.4) is 0 Å². The molecule has 0 spiro atoms. The van der Waals surface area contributed by atoms with Crippen molar-refractivity contribution in [2.45, 2.75) is 126 Å².